The number of aliphatic carboxylic acids is 3. The first-order valence-electron chi connectivity index (χ1n) is 14.2. The van der Waals surface area contributed by atoms with Crippen molar-refractivity contribution in [3.8, 4) is 0 Å². The molecule has 18 heteroatoms. The summed E-state index contributed by atoms with van der Waals surface area (Å²) in [5.74, 6) is -7.56. The van der Waals surface area contributed by atoms with E-state index in [4.69, 9.17) is 31.6 Å². The molecule has 0 aliphatic rings. The topological polar surface area (TPSA) is 264 Å². The van der Waals surface area contributed by atoms with Crippen LogP contribution in [0.2, 0.25) is 0 Å². The molecule has 254 valence electrons. The highest BCUT2D eigenvalue weighted by Crippen LogP contribution is 2.13. The smallest absolute Gasteiger partial charge is 0.481 e. The molecular formula is C26H45F3N6O9. The monoisotopic (exact) mass is 642 g/mol. The van der Waals surface area contributed by atoms with Crippen molar-refractivity contribution in [2.75, 3.05) is 13.1 Å². The third-order valence-corrected chi connectivity index (χ3v) is 5.78. The van der Waals surface area contributed by atoms with Gasteiger partial charge in [0.25, 0.3) is 0 Å². The number of carboxylic acids is 3. The second-order valence-electron chi connectivity index (χ2n) is 9.72. The summed E-state index contributed by atoms with van der Waals surface area (Å²) in [5, 5.41) is 32.0. The van der Waals surface area contributed by atoms with Crippen molar-refractivity contribution in [3.05, 3.63) is 0 Å². The Labute approximate surface area is 253 Å². The van der Waals surface area contributed by atoms with Crippen molar-refractivity contribution in [1.29, 1.82) is 0 Å². The average Bonchev–Trinajstić information content (AvgIpc) is 2.91. The zero-order valence-corrected chi connectivity index (χ0v) is 24.8. The third kappa shape index (κ3) is 25.6. The number of aliphatic imine (C=N–C) groups is 1. The minimum atomic E-state index is -5.08. The number of nitrogens with zero attached hydrogens (tertiary/aromatic N) is 1. The molecule has 0 radical (unpaired) electrons. The zero-order valence-electron chi connectivity index (χ0n) is 24.8. The van der Waals surface area contributed by atoms with Gasteiger partial charge in [-0.3, -0.25) is 24.2 Å². The number of rotatable bonds is 22. The van der Waals surface area contributed by atoms with Gasteiger partial charge in [-0.1, -0.05) is 58.3 Å². The van der Waals surface area contributed by atoms with Crippen LogP contribution in [0.1, 0.15) is 90.4 Å². The van der Waals surface area contributed by atoms with Crippen molar-refractivity contribution in [1.82, 2.24) is 16.0 Å². The van der Waals surface area contributed by atoms with Crippen LogP contribution in [-0.2, 0) is 28.8 Å². The maximum Gasteiger partial charge on any atom is 0.490 e. The Balaban J connectivity index is 0. The van der Waals surface area contributed by atoms with Crippen LogP contribution in [0, 0.1) is 0 Å². The van der Waals surface area contributed by atoms with Gasteiger partial charge in [0, 0.05) is 13.0 Å². The van der Waals surface area contributed by atoms with Gasteiger partial charge in [-0.15, -0.1) is 0 Å². The first-order valence-corrected chi connectivity index (χ1v) is 14.2. The number of nitrogens with one attached hydrogen (secondary N) is 3. The molecule has 0 saturated carbocycles. The quantitative estimate of drug-likeness (QED) is 0.0473. The Bertz CT molecular complexity index is 945. The van der Waals surface area contributed by atoms with E-state index in [0.717, 1.165) is 19.3 Å². The Morgan fingerprint density at radius 2 is 1.27 bits per heavy atom. The van der Waals surface area contributed by atoms with Gasteiger partial charge in [0.2, 0.25) is 17.7 Å². The van der Waals surface area contributed by atoms with Gasteiger partial charge < -0.3 is 42.7 Å². The minimum Gasteiger partial charge on any atom is -0.481 e. The summed E-state index contributed by atoms with van der Waals surface area (Å²) in [6.45, 7) is 1.85. The lowest BCUT2D eigenvalue weighted by Crippen LogP contribution is -2.51. The molecule has 0 saturated heterocycles. The first-order chi connectivity index (χ1) is 20.5. The molecule has 44 heavy (non-hydrogen) atoms. The summed E-state index contributed by atoms with van der Waals surface area (Å²) in [5.41, 5.74) is 10.6. The van der Waals surface area contributed by atoms with Crippen LogP contribution in [-0.4, -0.2) is 88.3 Å². The van der Waals surface area contributed by atoms with Gasteiger partial charge in [0.05, 0.1) is 13.0 Å². The van der Waals surface area contributed by atoms with Crippen LogP contribution in [0.3, 0.4) is 0 Å². The summed E-state index contributed by atoms with van der Waals surface area (Å²) in [4.78, 5) is 71.6. The molecule has 3 amide bonds. The summed E-state index contributed by atoms with van der Waals surface area (Å²) < 4.78 is 31.7. The van der Waals surface area contributed by atoms with Crippen molar-refractivity contribution in [2.45, 2.75) is 109 Å². The van der Waals surface area contributed by atoms with Gasteiger partial charge in [-0.25, -0.2) is 9.59 Å². The number of carboxylic acid groups (broad SMARTS) is 3. The second kappa shape index (κ2) is 24.3. The number of halogens is 3. The maximum absolute atomic E-state index is 12.6. The fourth-order valence-electron chi connectivity index (χ4n) is 3.55. The summed E-state index contributed by atoms with van der Waals surface area (Å²) >= 11 is 0. The molecule has 0 heterocycles. The van der Waals surface area contributed by atoms with E-state index in [9.17, 15) is 37.1 Å². The highest BCUT2D eigenvalue weighted by atomic mass is 19.4. The number of unbranched alkanes of at least 4 members (excludes halogenated alkanes) is 8. The van der Waals surface area contributed by atoms with E-state index in [1.807, 2.05) is 5.32 Å². The first kappa shape index (κ1) is 42.0. The fourth-order valence-corrected chi connectivity index (χ4v) is 3.55. The van der Waals surface area contributed by atoms with E-state index >= 15 is 0 Å². The largest absolute Gasteiger partial charge is 0.490 e. The third-order valence-electron chi connectivity index (χ3n) is 5.78. The van der Waals surface area contributed by atoms with Crippen molar-refractivity contribution in [2.24, 2.45) is 16.5 Å². The number of guanidine groups is 1. The number of hydrogen-bond donors (Lipinski definition) is 8. The van der Waals surface area contributed by atoms with Crippen LogP contribution in [0.4, 0.5) is 13.2 Å². The molecule has 0 aliphatic carbocycles. The van der Waals surface area contributed by atoms with E-state index in [0.29, 0.717) is 12.8 Å². The maximum atomic E-state index is 12.6. The molecule has 0 aromatic rings. The Morgan fingerprint density at radius 3 is 1.73 bits per heavy atom. The van der Waals surface area contributed by atoms with Crippen LogP contribution < -0.4 is 27.4 Å². The number of hydrogen-bond acceptors (Lipinski definition) is 7. The van der Waals surface area contributed by atoms with Gasteiger partial charge in [-0.05, 0) is 19.3 Å². The molecule has 0 aliphatic heterocycles. The van der Waals surface area contributed by atoms with Crippen molar-refractivity contribution < 1.29 is 57.3 Å². The summed E-state index contributed by atoms with van der Waals surface area (Å²) in [6.07, 6.45) is 4.96. The Hall–Kier alpha value is -4.12. The summed E-state index contributed by atoms with van der Waals surface area (Å²) in [6, 6.07) is -2.57. The number of alkyl halides is 3. The van der Waals surface area contributed by atoms with Crippen LogP contribution >= 0.6 is 0 Å². The zero-order chi connectivity index (χ0) is 34.1. The molecule has 0 fully saturated rings. The average molecular weight is 643 g/mol. The van der Waals surface area contributed by atoms with Gasteiger partial charge >= 0.3 is 24.1 Å². The molecule has 0 spiro atoms. The van der Waals surface area contributed by atoms with Crippen molar-refractivity contribution in [3.63, 3.8) is 0 Å². The molecule has 2 atom stereocenters. The number of nitrogens with two attached hydrogens (primary N) is 2. The lowest BCUT2D eigenvalue weighted by atomic mass is 10.1. The fraction of sp³-hybridized carbons (Fsp3) is 0.731. The number of amides is 3. The SMILES string of the molecule is CCCCCCCCCCCC(=O)N[C@@H](CCCN=C(N)N)C(=O)NCC(=O)N[C@@H](CC(=O)O)C(=O)O.O=C(O)C(F)(F)F. The number of carbonyl (C=O) groups excluding carboxylic acids is 3. The van der Waals surface area contributed by atoms with E-state index in [1.54, 1.807) is 0 Å². The Kier molecular flexibility index (Phi) is 23.2. The molecule has 0 unspecified atom stereocenters. The van der Waals surface area contributed by atoms with Gasteiger partial charge in [-0.2, -0.15) is 13.2 Å². The van der Waals surface area contributed by atoms with E-state index in [-0.39, 0.29) is 31.3 Å². The molecule has 15 nitrogen and oxygen atoms in total. The van der Waals surface area contributed by atoms with Gasteiger partial charge in [0.1, 0.15) is 12.1 Å². The van der Waals surface area contributed by atoms with E-state index in [1.165, 1.54) is 32.1 Å². The standard InChI is InChI=1S/C24H44N6O7.C2HF3O2/c1-2-3-4-5-6-7-8-9-10-13-19(31)29-17(12-11-14-27-24(25)26)22(35)28-16-20(32)30-18(23(36)37)15-21(33)34;3-2(4,5)1(6)7/h17-18H,2-16H2,1H3,(H,28,35)(H,29,31)(H,30,32)(H,33,34)(H,36,37)(H4,25,26,27);(H,6,7)/t17-,18-;/m0./s1. The van der Waals surface area contributed by atoms with Crippen LogP contribution in [0.5, 0.6) is 0 Å². The molecule has 0 rings (SSSR count). The Morgan fingerprint density at radius 1 is 0.773 bits per heavy atom. The van der Waals surface area contributed by atoms with E-state index in [2.05, 4.69) is 22.5 Å². The van der Waals surface area contributed by atoms with Gasteiger partial charge in [0.15, 0.2) is 5.96 Å². The van der Waals surface area contributed by atoms with Crippen LogP contribution in [0.15, 0.2) is 4.99 Å². The minimum absolute atomic E-state index is 0.0959. The molecular weight excluding hydrogens is 597 g/mol. The number of carbonyl (C=O) groups is 6. The highest BCUT2D eigenvalue weighted by Gasteiger charge is 2.38. The lowest BCUT2D eigenvalue weighted by Gasteiger charge is -2.19. The molecule has 10 N–H and O–H groups in total. The second-order valence-corrected chi connectivity index (χ2v) is 9.72. The van der Waals surface area contributed by atoms with Crippen molar-refractivity contribution >= 4 is 41.6 Å². The lowest BCUT2D eigenvalue weighted by molar-refractivity contribution is -0.192. The predicted molar refractivity (Wildman–Crippen MR) is 152 cm³/mol. The van der Waals surface area contributed by atoms with Crippen LogP contribution in [0.25, 0.3) is 0 Å². The summed E-state index contributed by atoms with van der Waals surface area (Å²) in [7, 11) is 0. The highest BCUT2D eigenvalue weighted by molar-refractivity contribution is 5.92. The molecule has 0 bridgehead atoms. The van der Waals surface area contributed by atoms with E-state index < -0.39 is 60.9 Å². The molecule has 0 aromatic carbocycles. The predicted octanol–water partition coefficient (Wildman–Crippen LogP) is 1.24. The normalized spacial score (nSPS) is 12.0. The molecule has 0 aromatic heterocycles.